The van der Waals surface area contributed by atoms with Crippen molar-refractivity contribution in [3.8, 4) is 0 Å². The second kappa shape index (κ2) is 5.74. The van der Waals surface area contributed by atoms with Crippen LogP contribution in [0, 0.1) is 0 Å². The minimum Gasteiger partial charge on any atom is -0.322 e. The van der Waals surface area contributed by atoms with Gasteiger partial charge in [-0.05, 0) is 63.0 Å². The molecule has 2 N–H and O–H groups in total. The highest BCUT2D eigenvalue weighted by atomic mass is 15.2. The zero-order chi connectivity index (χ0) is 14.9. The largest absolute Gasteiger partial charge is 0.322 e. The molecular formula is C18H25N3. The summed E-state index contributed by atoms with van der Waals surface area (Å²) < 4.78 is 0. The molecule has 0 bridgehead atoms. The number of benzene rings is 1. The maximum absolute atomic E-state index is 6.69. The molecule has 1 saturated heterocycles. The summed E-state index contributed by atoms with van der Waals surface area (Å²) in [7, 11) is 0. The van der Waals surface area contributed by atoms with Gasteiger partial charge in [0.05, 0.1) is 5.52 Å². The first-order chi connectivity index (χ1) is 10.1. The molecule has 0 aliphatic carbocycles. The van der Waals surface area contributed by atoms with Crippen LogP contribution in [0.4, 0.5) is 0 Å². The third kappa shape index (κ3) is 2.56. The summed E-state index contributed by atoms with van der Waals surface area (Å²) in [5.74, 6) is 0. The lowest BCUT2D eigenvalue weighted by atomic mass is 9.83. The third-order valence-corrected chi connectivity index (χ3v) is 5.20. The van der Waals surface area contributed by atoms with Crippen molar-refractivity contribution in [1.29, 1.82) is 0 Å². The Balaban J connectivity index is 1.95. The average Bonchev–Trinajstić information content (AvgIpc) is 3.08. The van der Waals surface area contributed by atoms with E-state index in [0.29, 0.717) is 0 Å². The van der Waals surface area contributed by atoms with Gasteiger partial charge in [0.15, 0.2) is 0 Å². The summed E-state index contributed by atoms with van der Waals surface area (Å²) >= 11 is 0. The van der Waals surface area contributed by atoms with Gasteiger partial charge >= 0.3 is 0 Å². The summed E-state index contributed by atoms with van der Waals surface area (Å²) in [5.41, 5.74) is 8.98. The number of pyridine rings is 1. The molecule has 21 heavy (non-hydrogen) atoms. The highest BCUT2D eigenvalue weighted by Crippen LogP contribution is 2.35. The highest BCUT2D eigenvalue weighted by Gasteiger charge is 2.38. The first kappa shape index (κ1) is 14.5. The first-order valence-electron chi connectivity index (χ1n) is 8.00. The third-order valence-electron chi connectivity index (χ3n) is 5.20. The molecule has 0 amide bonds. The lowest BCUT2D eigenvalue weighted by molar-refractivity contribution is 0.100. The molecule has 2 heterocycles. The van der Waals surface area contributed by atoms with Crippen molar-refractivity contribution in [1.82, 2.24) is 9.88 Å². The predicted octanol–water partition coefficient (Wildman–Crippen LogP) is 3.50. The first-order valence-corrected chi connectivity index (χ1v) is 8.00. The van der Waals surface area contributed by atoms with Crippen LogP contribution in [0.25, 0.3) is 10.9 Å². The fraction of sp³-hybridized carbons (Fsp3) is 0.500. The number of aromatic nitrogens is 1. The van der Waals surface area contributed by atoms with Crippen molar-refractivity contribution in [3.63, 3.8) is 0 Å². The number of hydrogen-bond acceptors (Lipinski definition) is 3. The summed E-state index contributed by atoms with van der Waals surface area (Å²) in [4.78, 5) is 6.96. The van der Waals surface area contributed by atoms with Crippen LogP contribution in [0.15, 0.2) is 36.5 Å². The van der Waals surface area contributed by atoms with E-state index in [-0.39, 0.29) is 11.6 Å². The summed E-state index contributed by atoms with van der Waals surface area (Å²) in [6.07, 6.45) is 5.50. The number of nitrogens with zero attached hydrogens (tertiary/aromatic N) is 2. The molecule has 1 aromatic heterocycles. The topological polar surface area (TPSA) is 42.1 Å². The van der Waals surface area contributed by atoms with Crippen molar-refractivity contribution >= 4 is 10.9 Å². The number of fused-ring (bicyclic) bond motifs is 1. The van der Waals surface area contributed by atoms with Gasteiger partial charge in [-0.15, -0.1) is 0 Å². The fourth-order valence-corrected chi connectivity index (χ4v) is 3.51. The van der Waals surface area contributed by atoms with E-state index in [1.165, 1.54) is 36.9 Å². The Morgan fingerprint density at radius 2 is 2.05 bits per heavy atom. The van der Waals surface area contributed by atoms with Crippen LogP contribution in [0.1, 0.15) is 44.7 Å². The standard InChI is InChI=1S/C18H25N3/c1-3-18(2,21-11-4-5-12-21)17(19)15-8-9-16-14(13-15)7-6-10-20-16/h6-10,13,17H,3-5,11-12,19H2,1-2H3. The minimum absolute atomic E-state index is 0.0326. The van der Waals surface area contributed by atoms with Crippen LogP contribution in [0.5, 0.6) is 0 Å². The molecule has 2 atom stereocenters. The Hall–Kier alpha value is -1.45. The van der Waals surface area contributed by atoms with Crippen LogP contribution in [0.3, 0.4) is 0 Å². The van der Waals surface area contributed by atoms with Crippen LogP contribution >= 0.6 is 0 Å². The van der Waals surface area contributed by atoms with E-state index in [1.807, 2.05) is 12.3 Å². The van der Waals surface area contributed by atoms with Gasteiger partial charge in [-0.25, -0.2) is 0 Å². The van der Waals surface area contributed by atoms with Crippen molar-refractivity contribution in [2.75, 3.05) is 13.1 Å². The van der Waals surface area contributed by atoms with Crippen LogP contribution in [-0.2, 0) is 0 Å². The van der Waals surface area contributed by atoms with Crippen LogP contribution in [-0.4, -0.2) is 28.5 Å². The molecule has 0 radical (unpaired) electrons. The van der Waals surface area contributed by atoms with Gasteiger partial charge in [-0.2, -0.15) is 0 Å². The molecule has 0 saturated carbocycles. The predicted molar refractivity (Wildman–Crippen MR) is 88.2 cm³/mol. The van der Waals surface area contributed by atoms with E-state index >= 15 is 0 Å². The van der Waals surface area contributed by atoms with E-state index in [2.05, 4.69) is 48.0 Å². The molecule has 3 rings (SSSR count). The van der Waals surface area contributed by atoms with Crippen molar-refractivity contribution in [2.24, 2.45) is 5.73 Å². The highest BCUT2D eigenvalue weighted by molar-refractivity contribution is 5.79. The molecule has 1 aliphatic rings. The summed E-state index contributed by atoms with van der Waals surface area (Å²) in [6, 6.07) is 10.6. The van der Waals surface area contributed by atoms with Gasteiger partial charge in [0, 0.05) is 23.2 Å². The quantitative estimate of drug-likeness (QED) is 0.934. The summed E-state index contributed by atoms with van der Waals surface area (Å²) in [5, 5.41) is 1.17. The SMILES string of the molecule is CCC(C)(C(N)c1ccc2ncccc2c1)N1CCCC1. The monoisotopic (exact) mass is 283 g/mol. The smallest absolute Gasteiger partial charge is 0.0702 e. The van der Waals surface area contributed by atoms with Crippen LogP contribution < -0.4 is 5.73 Å². The number of hydrogen-bond donors (Lipinski definition) is 1. The van der Waals surface area contributed by atoms with E-state index < -0.39 is 0 Å². The van der Waals surface area contributed by atoms with Gasteiger partial charge < -0.3 is 5.73 Å². The van der Waals surface area contributed by atoms with Gasteiger partial charge in [-0.3, -0.25) is 9.88 Å². The second-order valence-electron chi connectivity index (χ2n) is 6.34. The Morgan fingerprint density at radius 1 is 1.29 bits per heavy atom. The molecule has 1 aromatic carbocycles. The Morgan fingerprint density at radius 3 is 2.76 bits per heavy atom. The molecule has 2 aromatic rings. The molecule has 112 valence electrons. The normalized spacial score (nSPS) is 20.5. The van der Waals surface area contributed by atoms with E-state index in [0.717, 1.165) is 11.9 Å². The number of nitrogens with two attached hydrogens (primary N) is 1. The molecule has 1 fully saturated rings. The fourth-order valence-electron chi connectivity index (χ4n) is 3.51. The van der Waals surface area contributed by atoms with Gasteiger partial charge in [-0.1, -0.05) is 19.1 Å². The van der Waals surface area contributed by atoms with Gasteiger partial charge in [0.1, 0.15) is 0 Å². The van der Waals surface area contributed by atoms with Crippen molar-refractivity contribution in [2.45, 2.75) is 44.7 Å². The maximum atomic E-state index is 6.69. The van der Waals surface area contributed by atoms with Crippen LogP contribution in [0.2, 0.25) is 0 Å². The maximum Gasteiger partial charge on any atom is 0.0702 e. The molecular weight excluding hydrogens is 258 g/mol. The molecule has 3 heteroatoms. The van der Waals surface area contributed by atoms with Gasteiger partial charge in [0.25, 0.3) is 0 Å². The van der Waals surface area contributed by atoms with Crippen molar-refractivity contribution in [3.05, 3.63) is 42.1 Å². The Bertz CT molecular complexity index is 619. The molecule has 1 aliphatic heterocycles. The van der Waals surface area contributed by atoms with E-state index in [1.54, 1.807) is 0 Å². The zero-order valence-electron chi connectivity index (χ0n) is 13.0. The number of likely N-dealkylation sites (tertiary alicyclic amines) is 1. The minimum atomic E-state index is 0.0326. The lowest BCUT2D eigenvalue weighted by Crippen LogP contribution is -2.51. The number of rotatable bonds is 4. The van der Waals surface area contributed by atoms with E-state index in [4.69, 9.17) is 5.73 Å². The zero-order valence-corrected chi connectivity index (χ0v) is 13.0. The second-order valence-corrected chi connectivity index (χ2v) is 6.34. The van der Waals surface area contributed by atoms with Gasteiger partial charge in [0.2, 0.25) is 0 Å². The molecule has 2 unspecified atom stereocenters. The average molecular weight is 283 g/mol. The molecule has 0 spiro atoms. The molecule has 3 nitrogen and oxygen atoms in total. The Kier molecular flexibility index (Phi) is 3.96. The van der Waals surface area contributed by atoms with E-state index in [9.17, 15) is 0 Å². The Labute approximate surface area is 127 Å². The lowest BCUT2D eigenvalue weighted by Gasteiger charge is -2.43. The van der Waals surface area contributed by atoms with Crippen molar-refractivity contribution < 1.29 is 0 Å². The summed E-state index contributed by atoms with van der Waals surface area (Å²) in [6.45, 7) is 6.91.